The summed E-state index contributed by atoms with van der Waals surface area (Å²) in [5.41, 5.74) is 1.06. The number of halogens is 3. The van der Waals surface area contributed by atoms with E-state index in [0.29, 0.717) is 5.92 Å². The Bertz CT molecular complexity index is 372. The van der Waals surface area contributed by atoms with E-state index in [9.17, 15) is 13.9 Å². The van der Waals surface area contributed by atoms with Crippen LogP contribution in [0.2, 0.25) is 0 Å². The van der Waals surface area contributed by atoms with Gasteiger partial charge in [-0.3, -0.25) is 0 Å². The van der Waals surface area contributed by atoms with E-state index >= 15 is 0 Å². The van der Waals surface area contributed by atoms with Crippen molar-refractivity contribution in [3.05, 3.63) is 35.4 Å². The molecule has 4 heteroatoms. The summed E-state index contributed by atoms with van der Waals surface area (Å²) in [5, 5.41) is 5.91. The summed E-state index contributed by atoms with van der Waals surface area (Å²) in [6.45, 7) is 0. The molecule has 1 N–H and O–H groups in total. The Morgan fingerprint density at radius 2 is 1.94 bits per heavy atom. The molecular formula is C12H13ClF2O. The molecule has 1 aliphatic rings. The number of hydrogen-bond acceptors (Lipinski definition) is 1. The Morgan fingerprint density at radius 1 is 1.31 bits per heavy atom. The van der Waals surface area contributed by atoms with Gasteiger partial charge < -0.3 is 5.11 Å². The molecule has 2 rings (SSSR count). The maximum Gasteiger partial charge on any atom is 0.351 e. The second-order valence-electron chi connectivity index (χ2n) is 4.20. The van der Waals surface area contributed by atoms with Gasteiger partial charge in [-0.25, -0.2) is 0 Å². The maximum absolute atomic E-state index is 12.9. The lowest BCUT2D eigenvalue weighted by Gasteiger charge is -2.30. The second kappa shape index (κ2) is 4.30. The summed E-state index contributed by atoms with van der Waals surface area (Å²) in [6.07, 6.45) is 1.19. The molecule has 0 radical (unpaired) electrons. The molecule has 0 heterocycles. The molecular weight excluding hydrogens is 234 g/mol. The lowest BCUT2D eigenvalue weighted by molar-refractivity contribution is -0.0431. The molecule has 0 spiro atoms. The molecule has 1 aromatic carbocycles. The third-order valence-electron chi connectivity index (χ3n) is 3.15. The molecule has 0 bridgehead atoms. The summed E-state index contributed by atoms with van der Waals surface area (Å²) in [7, 11) is 0. The van der Waals surface area contributed by atoms with E-state index in [-0.39, 0.29) is 5.56 Å². The fourth-order valence-corrected chi connectivity index (χ4v) is 2.14. The van der Waals surface area contributed by atoms with Gasteiger partial charge in [0.1, 0.15) is 0 Å². The first-order valence-corrected chi connectivity index (χ1v) is 5.71. The highest BCUT2D eigenvalue weighted by Gasteiger charge is 2.39. The van der Waals surface area contributed by atoms with Gasteiger partial charge in [0.25, 0.3) is 0 Å². The van der Waals surface area contributed by atoms with Crippen LogP contribution in [0, 0.1) is 0 Å². The minimum Gasteiger partial charge on any atom is -0.381 e. The van der Waals surface area contributed by atoms with Crippen molar-refractivity contribution >= 4 is 11.6 Å². The van der Waals surface area contributed by atoms with Crippen LogP contribution in [-0.2, 0) is 0 Å². The zero-order valence-corrected chi connectivity index (χ0v) is 9.42. The number of aliphatic hydroxyl groups is 1. The molecule has 16 heavy (non-hydrogen) atoms. The average molecular weight is 247 g/mol. The van der Waals surface area contributed by atoms with Crippen molar-refractivity contribution in [3.8, 4) is 0 Å². The van der Waals surface area contributed by atoms with Crippen molar-refractivity contribution in [1.82, 2.24) is 0 Å². The Morgan fingerprint density at radius 3 is 2.44 bits per heavy atom. The van der Waals surface area contributed by atoms with Crippen molar-refractivity contribution in [3.63, 3.8) is 0 Å². The molecule has 0 saturated heterocycles. The average Bonchev–Trinajstić information content (AvgIpc) is 2.13. The predicted octanol–water partition coefficient (Wildman–Crippen LogP) is 3.82. The quantitative estimate of drug-likeness (QED) is 0.804. The monoisotopic (exact) mass is 246 g/mol. The predicted molar refractivity (Wildman–Crippen MR) is 58.8 cm³/mol. The minimum absolute atomic E-state index is 0.257. The van der Waals surface area contributed by atoms with Gasteiger partial charge in [0.05, 0.1) is 0 Å². The number of alkyl halides is 3. The Hall–Kier alpha value is -0.670. The third kappa shape index (κ3) is 2.20. The number of benzene rings is 1. The smallest absolute Gasteiger partial charge is 0.351 e. The van der Waals surface area contributed by atoms with E-state index in [2.05, 4.69) is 0 Å². The van der Waals surface area contributed by atoms with E-state index in [0.717, 1.165) is 24.8 Å². The van der Waals surface area contributed by atoms with Crippen molar-refractivity contribution in [2.75, 3.05) is 0 Å². The van der Waals surface area contributed by atoms with Crippen LogP contribution in [0.15, 0.2) is 24.3 Å². The van der Waals surface area contributed by atoms with Crippen LogP contribution in [-0.4, -0.2) is 10.5 Å². The highest BCUT2D eigenvalue weighted by molar-refractivity contribution is 6.22. The Labute approximate surface area is 98.0 Å². The van der Waals surface area contributed by atoms with Crippen LogP contribution < -0.4 is 0 Å². The molecule has 1 atom stereocenters. The summed E-state index contributed by atoms with van der Waals surface area (Å²) < 4.78 is 25.8. The van der Waals surface area contributed by atoms with Gasteiger partial charge in [0.15, 0.2) is 6.10 Å². The van der Waals surface area contributed by atoms with Crippen LogP contribution in [0.4, 0.5) is 8.78 Å². The van der Waals surface area contributed by atoms with Gasteiger partial charge in [-0.15, -0.1) is 0 Å². The largest absolute Gasteiger partial charge is 0.381 e. The fraction of sp³-hybridized carbons (Fsp3) is 0.500. The van der Waals surface area contributed by atoms with E-state index in [1.807, 2.05) is 0 Å². The highest BCUT2D eigenvalue weighted by Crippen LogP contribution is 2.43. The van der Waals surface area contributed by atoms with Gasteiger partial charge in [-0.05, 0) is 41.5 Å². The molecule has 1 aromatic rings. The molecule has 88 valence electrons. The molecule has 0 amide bonds. The molecule has 1 aliphatic carbocycles. The van der Waals surface area contributed by atoms with Crippen LogP contribution in [0.3, 0.4) is 0 Å². The molecule has 1 saturated carbocycles. The van der Waals surface area contributed by atoms with E-state index in [4.69, 9.17) is 11.6 Å². The number of rotatable bonds is 3. The first kappa shape index (κ1) is 11.8. The zero-order valence-electron chi connectivity index (χ0n) is 8.67. The van der Waals surface area contributed by atoms with Crippen LogP contribution in [0.1, 0.15) is 42.4 Å². The topological polar surface area (TPSA) is 20.2 Å². The van der Waals surface area contributed by atoms with E-state index in [1.165, 1.54) is 6.07 Å². The van der Waals surface area contributed by atoms with Crippen molar-refractivity contribution in [2.24, 2.45) is 0 Å². The summed E-state index contributed by atoms with van der Waals surface area (Å²) in [5.74, 6) is 0.296. The summed E-state index contributed by atoms with van der Waals surface area (Å²) >= 11 is 4.87. The first-order valence-electron chi connectivity index (χ1n) is 5.34. The molecule has 0 aliphatic heterocycles. The van der Waals surface area contributed by atoms with Crippen molar-refractivity contribution in [2.45, 2.75) is 36.7 Å². The fourth-order valence-electron chi connectivity index (χ4n) is 2.03. The SMILES string of the molecule is OC(c1ccccc1C1CCC1)C(F)(F)Cl. The minimum atomic E-state index is -3.61. The Kier molecular flexibility index (Phi) is 3.17. The lowest BCUT2D eigenvalue weighted by atomic mass is 9.77. The van der Waals surface area contributed by atoms with Gasteiger partial charge in [-0.1, -0.05) is 30.7 Å². The van der Waals surface area contributed by atoms with Gasteiger partial charge in [0.2, 0.25) is 0 Å². The van der Waals surface area contributed by atoms with E-state index in [1.54, 1.807) is 18.2 Å². The van der Waals surface area contributed by atoms with E-state index < -0.39 is 11.5 Å². The number of hydrogen-bond donors (Lipinski definition) is 1. The van der Waals surface area contributed by atoms with Gasteiger partial charge >= 0.3 is 5.38 Å². The second-order valence-corrected chi connectivity index (χ2v) is 4.70. The van der Waals surface area contributed by atoms with Crippen LogP contribution >= 0.6 is 11.6 Å². The standard InChI is InChI=1S/C12H13ClF2O/c13-12(14,15)11(16)10-7-2-1-6-9(10)8-4-3-5-8/h1-2,6-8,11,16H,3-5H2. The zero-order chi connectivity index (χ0) is 11.8. The van der Waals surface area contributed by atoms with Crippen molar-refractivity contribution in [1.29, 1.82) is 0 Å². The molecule has 0 aromatic heterocycles. The maximum atomic E-state index is 12.9. The Balaban J connectivity index is 2.32. The van der Waals surface area contributed by atoms with Gasteiger partial charge in [-0.2, -0.15) is 8.78 Å². The molecule has 1 fully saturated rings. The highest BCUT2D eigenvalue weighted by atomic mass is 35.5. The third-order valence-corrected chi connectivity index (χ3v) is 3.35. The normalized spacial score (nSPS) is 19.2. The van der Waals surface area contributed by atoms with Crippen LogP contribution in [0.25, 0.3) is 0 Å². The van der Waals surface area contributed by atoms with Gasteiger partial charge in [0, 0.05) is 0 Å². The number of aliphatic hydroxyl groups excluding tert-OH is 1. The summed E-state index contributed by atoms with van der Waals surface area (Å²) in [4.78, 5) is 0. The molecule has 1 unspecified atom stereocenters. The van der Waals surface area contributed by atoms with Crippen molar-refractivity contribution < 1.29 is 13.9 Å². The lowest BCUT2D eigenvalue weighted by Crippen LogP contribution is -2.22. The first-order chi connectivity index (χ1) is 7.50. The summed E-state index contributed by atoms with van der Waals surface area (Å²) in [6, 6.07) is 6.76. The van der Waals surface area contributed by atoms with Crippen LogP contribution in [0.5, 0.6) is 0 Å². The molecule has 1 nitrogen and oxygen atoms in total.